The molecule has 1 saturated heterocycles. The second-order valence-corrected chi connectivity index (χ2v) is 8.64. The highest BCUT2D eigenvalue weighted by Gasteiger charge is 2.24. The second-order valence-electron chi connectivity index (χ2n) is 7.73. The lowest BCUT2D eigenvalue weighted by atomic mass is 10.1. The molecule has 1 aliphatic heterocycles. The van der Waals surface area contributed by atoms with Crippen molar-refractivity contribution in [3.05, 3.63) is 63.5 Å². The number of anilines is 1. The number of nitrogens with one attached hydrogen (secondary N) is 1. The number of aryl methyl sites for hydroxylation is 3. The van der Waals surface area contributed by atoms with Crippen LogP contribution in [0.4, 0.5) is 5.82 Å². The fourth-order valence-corrected chi connectivity index (χ4v) is 3.92. The van der Waals surface area contributed by atoms with E-state index in [0.717, 1.165) is 27.1 Å². The molecular weight excluding hydrogens is 460 g/mol. The van der Waals surface area contributed by atoms with Crippen LogP contribution in [0.25, 0.3) is 5.95 Å². The van der Waals surface area contributed by atoms with Gasteiger partial charge in [0.15, 0.2) is 0 Å². The summed E-state index contributed by atoms with van der Waals surface area (Å²) in [6, 6.07) is 11.8. The highest BCUT2D eigenvalue weighted by atomic mass is 79.9. The Bertz CT molecular complexity index is 1060. The number of carbonyl (C=O) groups excluding carboxylic acids is 1. The largest absolute Gasteiger partial charge is 0.371 e. The van der Waals surface area contributed by atoms with Crippen molar-refractivity contribution >= 4 is 27.7 Å². The van der Waals surface area contributed by atoms with Gasteiger partial charge in [-0.05, 0) is 44.5 Å². The lowest BCUT2D eigenvalue weighted by molar-refractivity contribution is -0.119. The number of amides is 1. The van der Waals surface area contributed by atoms with Crippen molar-refractivity contribution in [2.24, 2.45) is 0 Å². The molecule has 1 fully saturated rings. The van der Waals surface area contributed by atoms with Crippen LogP contribution in [0.2, 0.25) is 0 Å². The van der Waals surface area contributed by atoms with E-state index in [1.807, 2.05) is 57.2 Å². The van der Waals surface area contributed by atoms with E-state index in [-0.39, 0.29) is 18.6 Å². The minimum Gasteiger partial charge on any atom is -0.371 e. The van der Waals surface area contributed by atoms with Crippen LogP contribution in [0.1, 0.15) is 28.7 Å². The average molecular weight is 485 g/mol. The van der Waals surface area contributed by atoms with Crippen LogP contribution in [-0.2, 0) is 9.53 Å². The molecule has 9 heteroatoms. The number of hydrogen-bond donors (Lipinski definition) is 1. The molecule has 8 nitrogen and oxygen atoms in total. The highest BCUT2D eigenvalue weighted by Crippen LogP contribution is 2.24. The topological polar surface area (TPSA) is 85.2 Å². The van der Waals surface area contributed by atoms with E-state index in [1.165, 1.54) is 0 Å². The van der Waals surface area contributed by atoms with Gasteiger partial charge in [-0.15, -0.1) is 0 Å². The molecule has 162 valence electrons. The Morgan fingerprint density at radius 2 is 1.84 bits per heavy atom. The Hall–Kier alpha value is -2.62. The lowest BCUT2D eigenvalue weighted by Crippen LogP contribution is -2.42. The number of ether oxygens (including phenoxy) is 1. The van der Waals surface area contributed by atoms with Gasteiger partial charge < -0.3 is 10.1 Å². The summed E-state index contributed by atoms with van der Waals surface area (Å²) in [5, 5.41) is 7.43. The third-order valence-corrected chi connectivity index (χ3v) is 5.55. The van der Waals surface area contributed by atoms with Gasteiger partial charge in [0.25, 0.3) is 5.95 Å². The molecule has 1 aliphatic rings. The number of hydrogen-bond acceptors (Lipinski definition) is 6. The van der Waals surface area contributed by atoms with Crippen molar-refractivity contribution in [2.75, 3.05) is 31.6 Å². The van der Waals surface area contributed by atoms with Crippen LogP contribution in [-0.4, -0.2) is 56.8 Å². The van der Waals surface area contributed by atoms with Gasteiger partial charge in [0.2, 0.25) is 5.91 Å². The van der Waals surface area contributed by atoms with Gasteiger partial charge in [-0.3, -0.25) is 9.69 Å². The molecule has 0 spiro atoms. The molecule has 4 rings (SSSR count). The van der Waals surface area contributed by atoms with E-state index < -0.39 is 0 Å². The maximum atomic E-state index is 12.8. The number of nitrogens with zero attached hydrogens (tertiary/aromatic N) is 5. The van der Waals surface area contributed by atoms with Crippen LogP contribution in [0.3, 0.4) is 0 Å². The summed E-state index contributed by atoms with van der Waals surface area (Å²) in [5.74, 6) is 0.898. The zero-order valence-electron chi connectivity index (χ0n) is 17.8. The van der Waals surface area contributed by atoms with E-state index in [1.54, 1.807) is 4.68 Å². The van der Waals surface area contributed by atoms with Gasteiger partial charge >= 0.3 is 0 Å². The van der Waals surface area contributed by atoms with Crippen molar-refractivity contribution in [3.63, 3.8) is 0 Å². The van der Waals surface area contributed by atoms with Crippen LogP contribution >= 0.6 is 15.9 Å². The predicted octanol–water partition coefficient (Wildman–Crippen LogP) is 3.36. The van der Waals surface area contributed by atoms with E-state index in [0.29, 0.717) is 31.5 Å². The number of halogens is 1. The summed E-state index contributed by atoms with van der Waals surface area (Å²) in [7, 11) is 0. The van der Waals surface area contributed by atoms with E-state index in [9.17, 15) is 4.79 Å². The van der Waals surface area contributed by atoms with Gasteiger partial charge in [0.1, 0.15) is 5.82 Å². The van der Waals surface area contributed by atoms with Crippen LogP contribution in [0.15, 0.2) is 40.9 Å². The molecule has 0 bridgehead atoms. The molecule has 31 heavy (non-hydrogen) atoms. The number of aromatic nitrogens is 4. The normalized spacial score (nSPS) is 17.0. The predicted molar refractivity (Wildman–Crippen MR) is 121 cm³/mol. The smallest absolute Gasteiger partial charge is 0.252 e. The monoisotopic (exact) mass is 484 g/mol. The second kappa shape index (κ2) is 9.25. The minimum atomic E-state index is -0.109. The summed E-state index contributed by atoms with van der Waals surface area (Å²) < 4.78 is 8.53. The molecule has 1 amide bonds. The number of benzene rings is 1. The number of carbonyl (C=O) groups is 1. The van der Waals surface area contributed by atoms with Gasteiger partial charge in [0.05, 0.1) is 24.9 Å². The van der Waals surface area contributed by atoms with Gasteiger partial charge in [-0.25, -0.2) is 9.97 Å². The number of rotatable bonds is 5. The first kappa shape index (κ1) is 21.6. The van der Waals surface area contributed by atoms with Crippen molar-refractivity contribution in [3.8, 4) is 5.95 Å². The zero-order chi connectivity index (χ0) is 22.0. The molecule has 1 aromatic carbocycles. The molecule has 0 saturated carbocycles. The fraction of sp³-hybridized carbons (Fsp3) is 0.364. The summed E-state index contributed by atoms with van der Waals surface area (Å²) >= 11 is 3.46. The molecular formula is C22H25BrN6O2. The number of morpholine rings is 1. The van der Waals surface area contributed by atoms with Crippen molar-refractivity contribution in [2.45, 2.75) is 26.9 Å². The quantitative estimate of drug-likeness (QED) is 0.597. The Morgan fingerprint density at radius 1 is 1.13 bits per heavy atom. The molecule has 3 aromatic rings. The van der Waals surface area contributed by atoms with Gasteiger partial charge in [-0.1, -0.05) is 28.1 Å². The summed E-state index contributed by atoms with van der Waals surface area (Å²) in [6.07, 6.45) is -0.0499. The van der Waals surface area contributed by atoms with Crippen molar-refractivity contribution in [1.82, 2.24) is 24.6 Å². The Morgan fingerprint density at radius 3 is 2.55 bits per heavy atom. The van der Waals surface area contributed by atoms with Crippen LogP contribution in [0, 0.1) is 20.8 Å². The molecule has 1 N–H and O–H groups in total. The average Bonchev–Trinajstić information content (AvgIpc) is 3.08. The Labute approximate surface area is 189 Å². The SMILES string of the molecule is Cc1cc(C)nc(-n2nc(C)cc2NC(=O)CN2CCOC(c3ccc(Br)cc3)C2)n1. The first-order valence-electron chi connectivity index (χ1n) is 10.2. The maximum Gasteiger partial charge on any atom is 0.252 e. The van der Waals surface area contributed by atoms with E-state index in [4.69, 9.17) is 4.74 Å². The third-order valence-electron chi connectivity index (χ3n) is 5.02. The van der Waals surface area contributed by atoms with Gasteiger partial charge in [0, 0.05) is 35.0 Å². The van der Waals surface area contributed by atoms with Gasteiger partial charge in [-0.2, -0.15) is 9.78 Å². The first-order chi connectivity index (χ1) is 14.9. The maximum absolute atomic E-state index is 12.8. The summed E-state index contributed by atoms with van der Waals surface area (Å²) in [5.41, 5.74) is 3.58. The molecule has 2 aromatic heterocycles. The van der Waals surface area contributed by atoms with Crippen LogP contribution < -0.4 is 5.32 Å². The Balaban J connectivity index is 1.44. The molecule has 1 atom stereocenters. The third kappa shape index (κ3) is 5.36. The standard InChI is InChI=1S/C22H25BrN6O2/c1-14-10-15(2)25-22(24-14)29-20(11-16(3)27-29)26-21(30)13-28-8-9-31-19(12-28)17-4-6-18(23)7-5-17/h4-7,10-11,19H,8-9,12-13H2,1-3H3,(H,26,30). The molecule has 3 heterocycles. The first-order valence-corrected chi connectivity index (χ1v) is 11.0. The van der Waals surface area contributed by atoms with E-state index >= 15 is 0 Å². The zero-order valence-corrected chi connectivity index (χ0v) is 19.4. The minimum absolute atomic E-state index is 0.0499. The summed E-state index contributed by atoms with van der Waals surface area (Å²) in [4.78, 5) is 23.8. The Kier molecular flexibility index (Phi) is 6.45. The van der Waals surface area contributed by atoms with Crippen LogP contribution in [0.5, 0.6) is 0 Å². The van der Waals surface area contributed by atoms with Crippen molar-refractivity contribution in [1.29, 1.82) is 0 Å². The summed E-state index contributed by atoms with van der Waals surface area (Å²) in [6.45, 7) is 7.92. The lowest BCUT2D eigenvalue weighted by Gasteiger charge is -2.32. The fourth-order valence-electron chi connectivity index (χ4n) is 3.65. The van der Waals surface area contributed by atoms with Crippen molar-refractivity contribution < 1.29 is 9.53 Å². The highest BCUT2D eigenvalue weighted by molar-refractivity contribution is 9.10. The molecule has 0 aliphatic carbocycles. The molecule has 1 unspecified atom stereocenters. The van der Waals surface area contributed by atoms with E-state index in [2.05, 4.69) is 41.2 Å². The molecule has 0 radical (unpaired) electrons.